The number of benzene rings is 2. The van der Waals surface area contributed by atoms with E-state index >= 15 is 0 Å². The lowest BCUT2D eigenvalue weighted by atomic mass is 10.1. The van der Waals surface area contributed by atoms with Gasteiger partial charge in [-0.3, -0.25) is 0 Å². The summed E-state index contributed by atoms with van der Waals surface area (Å²) in [6.07, 6.45) is 1.89. The topological polar surface area (TPSA) is 52.6 Å². The number of aliphatic hydroxyl groups excluding tert-OH is 1. The highest BCUT2D eigenvalue weighted by Gasteiger charge is 2.30. The van der Waals surface area contributed by atoms with Gasteiger partial charge in [-0.15, -0.1) is 0 Å². The first kappa shape index (κ1) is 16.5. The highest BCUT2D eigenvalue weighted by molar-refractivity contribution is 5.75. The Morgan fingerprint density at radius 3 is 2.88 bits per heavy atom. The lowest BCUT2D eigenvalue weighted by Crippen LogP contribution is -2.43. The minimum atomic E-state index is -0.118. The summed E-state index contributed by atoms with van der Waals surface area (Å²) < 4.78 is 0. The zero-order valence-electron chi connectivity index (χ0n) is 14.0. The van der Waals surface area contributed by atoms with Gasteiger partial charge in [0.2, 0.25) is 0 Å². The third-order valence-electron chi connectivity index (χ3n) is 4.61. The molecule has 4 nitrogen and oxygen atoms in total. The second-order valence-electron chi connectivity index (χ2n) is 6.32. The summed E-state index contributed by atoms with van der Waals surface area (Å²) in [4.78, 5) is 14.5. The van der Waals surface area contributed by atoms with E-state index in [1.165, 1.54) is 16.7 Å². The SMILES string of the molecule is Cc1cccc(CNC(=O)N(CCO)C2CCc3ccccc32)c1. The van der Waals surface area contributed by atoms with Crippen LogP contribution in [0.2, 0.25) is 0 Å². The number of urea groups is 1. The van der Waals surface area contributed by atoms with Crippen LogP contribution in [0.4, 0.5) is 4.79 Å². The van der Waals surface area contributed by atoms with Crippen molar-refractivity contribution in [3.63, 3.8) is 0 Å². The molecule has 0 bridgehead atoms. The molecule has 1 unspecified atom stereocenters. The fraction of sp³-hybridized carbons (Fsp3) is 0.350. The van der Waals surface area contributed by atoms with Crippen LogP contribution in [-0.2, 0) is 13.0 Å². The smallest absolute Gasteiger partial charge is 0.318 e. The first-order valence-corrected chi connectivity index (χ1v) is 8.47. The second kappa shape index (κ2) is 7.49. The van der Waals surface area contributed by atoms with Crippen molar-refractivity contribution in [1.82, 2.24) is 10.2 Å². The molecule has 24 heavy (non-hydrogen) atoms. The number of aliphatic hydroxyl groups is 1. The second-order valence-corrected chi connectivity index (χ2v) is 6.32. The van der Waals surface area contributed by atoms with Gasteiger partial charge in [0.05, 0.1) is 12.6 Å². The van der Waals surface area contributed by atoms with Crippen LogP contribution >= 0.6 is 0 Å². The Morgan fingerprint density at radius 2 is 2.08 bits per heavy atom. The molecule has 2 N–H and O–H groups in total. The molecule has 2 amide bonds. The predicted octanol–water partition coefficient (Wildman–Crippen LogP) is 3.19. The molecule has 2 aromatic rings. The van der Waals surface area contributed by atoms with E-state index in [1.807, 2.05) is 37.3 Å². The van der Waals surface area contributed by atoms with Crippen LogP contribution in [0.3, 0.4) is 0 Å². The fourth-order valence-electron chi connectivity index (χ4n) is 3.47. The zero-order valence-corrected chi connectivity index (χ0v) is 14.0. The van der Waals surface area contributed by atoms with Crippen LogP contribution in [0.5, 0.6) is 0 Å². The molecular weight excluding hydrogens is 300 g/mol. The number of carbonyl (C=O) groups excluding carboxylic acids is 1. The van der Waals surface area contributed by atoms with Crippen molar-refractivity contribution in [2.75, 3.05) is 13.2 Å². The largest absolute Gasteiger partial charge is 0.395 e. The molecule has 126 valence electrons. The standard InChI is InChI=1S/C20H24N2O2/c1-15-5-4-6-16(13-15)14-21-20(24)22(11-12-23)19-10-9-17-7-2-3-8-18(17)19/h2-8,13,19,23H,9-12,14H2,1H3,(H,21,24). The normalized spacial score (nSPS) is 15.8. The van der Waals surface area contributed by atoms with E-state index < -0.39 is 0 Å². The molecule has 3 rings (SSSR count). The van der Waals surface area contributed by atoms with Gasteiger partial charge >= 0.3 is 6.03 Å². The van der Waals surface area contributed by atoms with Crippen molar-refractivity contribution >= 4 is 6.03 Å². The van der Waals surface area contributed by atoms with E-state index in [1.54, 1.807) is 4.90 Å². The maximum Gasteiger partial charge on any atom is 0.318 e. The molecule has 2 aromatic carbocycles. The van der Waals surface area contributed by atoms with Gasteiger partial charge in [0.15, 0.2) is 0 Å². The summed E-state index contributed by atoms with van der Waals surface area (Å²) >= 11 is 0. The van der Waals surface area contributed by atoms with Gasteiger partial charge in [-0.1, -0.05) is 54.1 Å². The van der Waals surface area contributed by atoms with Crippen LogP contribution in [0.15, 0.2) is 48.5 Å². The average molecular weight is 324 g/mol. The Bertz CT molecular complexity index is 714. The minimum absolute atomic E-state index is 0.0312. The number of aryl methyl sites for hydroxylation is 2. The number of carbonyl (C=O) groups is 1. The van der Waals surface area contributed by atoms with E-state index in [-0.39, 0.29) is 18.7 Å². The number of rotatable bonds is 5. The summed E-state index contributed by atoms with van der Waals surface area (Å²) in [5.74, 6) is 0. The van der Waals surface area contributed by atoms with Crippen molar-refractivity contribution in [2.45, 2.75) is 32.4 Å². The van der Waals surface area contributed by atoms with Crippen molar-refractivity contribution in [3.8, 4) is 0 Å². The molecule has 1 atom stereocenters. The first-order chi connectivity index (χ1) is 11.7. The molecule has 0 fully saturated rings. The van der Waals surface area contributed by atoms with Crippen molar-refractivity contribution in [1.29, 1.82) is 0 Å². The minimum Gasteiger partial charge on any atom is -0.395 e. The van der Waals surface area contributed by atoms with Crippen LogP contribution < -0.4 is 5.32 Å². The highest BCUT2D eigenvalue weighted by Crippen LogP contribution is 2.35. The summed E-state index contributed by atoms with van der Waals surface area (Å²) in [5, 5.41) is 12.4. The Balaban J connectivity index is 1.70. The van der Waals surface area contributed by atoms with Gasteiger partial charge in [-0.25, -0.2) is 4.79 Å². The predicted molar refractivity (Wildman–Crippen MR) is 94.7 cm³/mol. The molecule has 0 radical (unpaired) electrons. The Hall–Kier alpha value is -2.33. The third kappa shape index (κ3) is 3.60. The molecular formula is C20H24N2O2. The molecule has 0 aromatic heterocycles. The van der Waals surface area contributed by atoms with Crippen molar-refractivity contribution in [2.24, 2.45) is 0 Å². The lowest BCUT2D eigenvalue weighted by molar-refractivity contribution is 0.151. The summed E-state index contributed by atoms with van der Waals surface area (Å²) in [6.45, 7) is 2.85. The van der Waals surface area contributed by atoms with E-state index in [4.69, 9.17) is 0 Å². The van der Waals surface area contributed by atoms with Crippen LogP contribution in [0.1, 0.15) is 34.7 Å². The molecule has 1 aliphatic rings. The summed E-state index contributed by atoms with van der Waals surface area (Å²) in [5.41, 5.74) is 4.77. The molecule has 1 aliphatic carbocycles. The first-order valence-electron chi connectivity index (χ1n) is 8.47. The van der Waals surface area contributed by atoms with Crippen LogP contribution in [0, 0.1) is 6.92 Å². The van der Waals surface area contributed by atoms with Gasteiger partial charge in [-0.05, 0) is 36.5 Å². The monoisotopic (exact) mass is 324 g/mol. The zero-order chi connectivity index (χ0) is 16.9. The molecule has 0 aliphatic heterocycles. The lowest BCUT2D eigenvalue weighted by Gasteiger charge is -2.29. The molecule has 0 saturated heterocycles. The maximum atomic E-state index is 12.7. The van der Waals surface area contributed by atoms with Gasteiger partial charge < -0.3 is 15.3 Å². The Kier molecular flexibility index (Phi) is 5.16. The Labute approximate surface area is 143 Å². The summed E-state index contributed by atoms with van der Waals surface area (Å²) in [6, 6.07) is 16.3. The molecule has 0 saturated carbocycles. The van der Waals surface area contributed by atoms with Crippen LogP contribution in [0.25, 0.3) is 0 Å². The number of fused-ring (bicyclic) bond motifs is 1. The van der Waals surface area contributed by atoms with Crippen molar-refractivity contribution < 1.29 is 9.90 Å². The molecule has 0 heterocycles. The number of hydrogen-bond donors (Lipinski definition) is 2. The Morgan fingerprint density at radius 1 is 1.25 bits per heavy atom. The highest BCUT2D eigenvalue weighted by atomic mass is 16.3. The number of amides is 2. The number of nitrogens with one attached hydrogen (secondary N) is 1. The average Bonchev–Trinajstić information content (AvgIpc) is 3.01. The van der Waals surface area contributed by atoms with E-state index in [0.29, 0.717) is 13.1 Å². The van der Waals surface area contributed by atoms with E-state index in [9.17, 15) is 9.90 Å². The molecule has 0 spiro atoms. The van der Waals surface area contributed by atoms with Gasteiger partial charge in [0, 0.05) is 13.1 Å². The van der Waals surface area contributed by atoms with E-state index in [0.717, 1.165) is 18.4 Å². The van der Waals surface area contributed by atoms with Crippen molar-refractivity contribution in [3.05, 3.63) is 70.8 Å². The number of hydrogen-bond acceptors (Lipinski definition) is 2. The quantitative estimate of drug-likeness (QED) is 0.887. The van der Waals surface area contributed by atoms with Gasteiger partial charge in [0.1, 0.15) is 0 Å². The fourth-order valence-corrected chi connectivity index (χ4v) is 3.47. The third-order valence-corrected chi connectivity index (χ3v) is 4.61. The molecule has 4 heteroatoms. The maximum absolute atomic E-state index is 12.7. The summed E-state index contributed by atoms with van der Waals surface area (Å²) in [7, 11) is 0. The van der Waals surface area contributed by atoms with Gasteiger partial charge in [0.25, 0.3) is 0 Å². The van der Waals surface area contributed by atoms with Gasteiger partial charge in [-0.2, -0.15) is 0 Å². The van der Waals surface area contributed by atoms with E-state index in [2.05, 4.69) is 23.5 Å². The van der Waals surface area contributed by atoms with Crippen LogP contribution in [-0.4, -0.2) is 29.2 Å². The number of nitrogens with zero attached hydrogens (tertiary/aromatic N) is 1.